The molecule has 1 N–H and O–H groups in total. The minimum Gasteiger partial charge on any atom is -0.354 e. The van der Waals surface area contributed by atoms with Gasteiger partial charge in [0.25, 0.3) is 5.24 Å². The molecule has 2 rings (SSSR count). The maximum absolute atomic E-state index is 12.9. The van der Waals surface area contributed by atoms with Crippen molar-refractivity contribution in [2.75, 3.05) is 11.6 Å². The zero-order valence-electron chi connectivity index (χ0n) is 13.8. The van der Waals surface area contributed by atoms with Crippen LogP contribution in [0.5, 0.6) is 0 Å². The summed E-state index contributed by atoms with van der Waals surface area (Å²) in [6.45, 7) is 1.74. The molecule has 0 unspecified atom stereocenters. The third-order valence-electron chi connectivity index (χ3n) is 3.67. The number of carbonyl (C=O) groups is 1. The highest BCUT2D eigenvalue weighted by atomic mass is 35.5. The molecule has 0 radical (unpaired) electrons. The van der Waals surface area contributed by atoms with Crippen LogP contribution in [0.15, 0.2) is 41.3 Å². The van der Waals surface area contributed by atoms with E-state index in [1.165, 1.54) is 18.2 Å². The van der Waals surface area contributed by atoms with E-state index >= 15 is 0 Å². The van der Waals surface area contributed by atoms with E-state index in [9.17, 15) is 26.4 Å². The molecule has 4 nitrogen and oxygen atoms in total. The van der Waals surface area contributed by atoms with Gasteiger partial charge in [-0.05, 0) is 53.9 Å². The van der Waals surface area contributed by atoms with Crippen molar-refractivity contribution in [2.24, 2.45) is 0 Å². The summed E-state index contributed by atoms with van der Waals surface area (Å²) in [5, 5.41) is 1.89. The second-order valence-electron chi connectivity index (χ2n) is 5.61. The van der Waals surface area contributed by atoms with Crippen molar-refractivity contribution < 1.29 is 26.4 Å². The molecule has 0 aromatic heterocycles. The zero-order valence-corrected chi connectivity index (χ0v) is 15.4. The van der Waals surface area contributed by atoms with Crippen molar-refractivity contribution in [3.8, 4) is 0 Å². The Balaban J connectivity index is 2.61. The van der Waals surface area contributed by atoms with Gasteiger partial charge in [0.1, 0.15) is 0 Å². The molecule has 26 heavy (non-hydrogen) atoms. The van der Waals surface area contributed by atoms with Gasteiger partial charge in [-0.3, -0.25) is 4.79 Å². The number of halogens is 4. The number of alkyl halides is 3. The quantitative estimate of drug-likeness (QED) is 0.726. The molecule has 0 amide bonds. The predicted octanol–water partition coefficient (Wildman–Crippen LogP) is 4.79. The van der Waals surface area contributed by atoms with E-state index in [2.05, 4.69) is 5.32 Å². The molecule has 140 valence electrons. The van der Waals surface area contributed by atoms with Gasteiger partial charge in [-0.25, -0.2) is 8.42 Å². The van der Waals surface area contributed by atoms with Crippen molar-refractivity contribution >= 4 is 38.1 Å². The molecular formula is C17H15ClF3NO3S. The lowest BCUT2D eigenvalue weighted by Gasteiger charge is -2.16. The standard InChI is InChI=1S/C17H15ClF3NO3S/c1-3-10-7-14(15(26(2,24)25)9-13(10)16(18)23)22-12-6-4-5-11(8-12)17(19,20)21/h4-9,22H,3H2,1-2H3. The van der Waals surface area contributed by atoms with E-state index in [4.69, 9.17) is 11.6 Å². The van der Waals surface area contributed by atoms with Crippen molar-refractivity contribution in [3.05, 3.63) is 53.1 Å². The van der Waals surface area contributed by atoms with Crippen molar-refractivity contribution in [3.63, 3.8) is 0 Å². The highest BCUT2D eigenvalue weighted by Crippen LogP contribution is 2.33. The van der Waals surface area contributed by atoms with Crippen LogP contribution in [0, 0.1) is 0 Å². The van der Waals surface area contributed by atoms with Gasteiger partial charge in [0, 0.05) is 17.5 Å². The lowest BCUT2D eigenvalue weighted by atomic mass is 10.0. The number of sulfone groups is 1. The summed E-state index contributed by atoms with van der Waals surface area (Å²) in [7, 11) is -3.77. The van der Waals surface area contributed by atoms with Crippen LogP contribution in [0.3, 0.4) is 0 Å². The van der Waals surface area contributed by atoms with Crippen LogP contribution in [0.4, 0.5) is 24.5 Å². The molecule has 0 heterocycles. The van der Waals surface area contributed by atoms with E-state index in [0.717, 1.165) is 24.5 Å². The molecule has 9 heteroatoms. The molecule has 0 atom stereocenters. The maximum atomic E-state index is 12.9. The molecule has 0 bridgehead atoms. The average Bonchev–Trinajstić information content (AvgIpc) is 2.52. The van der Waals surface area contributed by atoms with Crippen LogP contribution >= 0.6 is 11.6 Å². The molecule has 0 spiro atoms. The first-order chi connectivity index (χ1) is 11.9. The van der Waals surface area contributed by atoms with Crippen molar-refractivity contribution in [1.29, 1.82) is 0 Å². The Morgan fingerprint density at radius 2 is 1.85 bits per heavy atom. The normalized spacial score (nSPS) is 12.1. The third-order valence-corrected chi connectivity index (χ3v) is 5.01. The average molecular weight is 406 g/mol. The lowest BCUT2D eigenvalue weighted by Crippen LogP contribution is -2.09. The van der Waals surface area contributed by atoms with E-state index in [0.29, 0.717) is 12.0 Å². The molecule has 2 aromatic carbocycles. The van der Waals surface area contributed by atoms with Crippen LogP contribution in [0.25, 0.3) is 0 Å². The van der Waals surface area contributed by atoms with Gasteiger partial charge in [-0.15, -0.1) is 0 Å². The van der Waals surface area contributed by atoms with E-state index in [-0.39, 0.29) is 21.8 Å². The second-order valence-corrected chi connectivity index (χ2v) is 7.94. The van der Waals surface area contributed by atoms with Gasteiger partial charge in [0.05, 0.1) is 16.1 Å². The maximum Gasteiger partial charge on any atom is 0.416 e. The largest absolute Gasteiger partial charge is 0.416 e. The second kappa shape index (κ2) is 7.28. The fourth-order valence-corrected chi connectivity index (χ4v) is 3.45. The Bertz CT molecular complexity index is 956. The Hall–Kier alpha value is -2.06. The summed E-state index contributed by atoms with van der Waals surface area (Å²) >= 11 is 5.51. The molecule has 2 aromatic rings. The molecule has 0 aliphatic carbocycles. The number of aryl methyl sites for hydroxylation is 1. The topological polar surface area (TPSA) is 63.2 Å². The van der Waals surface area contributed by atoms with Gasteiger partial charge in [-0.1, -0.05) is 13.0 Å². The number of anilines is 2. The Morgan fingerprint density at radius 1 is 1.19 bits per heavy atom. The monoisotopic (exact) mass is 405 g/mol. The van der Waals surface area contributed by atoms with Crippen LogP contribution in [-0.2, 0) is 22.4 Å². The fourth-order valence-electron chi connectivity index (χ4n) is 2.43. The number of nitrogens with one attached hydrogen (secondary N) is 1. The van der Waals surface area contributed by atoms with Crippen LogP contribution in [-0.4, -0.2) is 19.9 Å². The summed E-state index contributed by atoms with van der Waals surface area (Å²) in [6.07, 6.45) is -3.20. The first-order valence-electron chi connectivity index (χ1n) is 7.44. The zero-order chi connectivity index (χ0) is 19.7. The number of benzene rings is 2. The van der Waals surface area contributed by atoms with Gasteiger partial charge < -0.3 is 5.32 Å². The summed E-state index contributed by atoms with van der Waals surface area (Å²) in [4.78, 5) is 11.3. The minimum atomic E-state index is -4.53. The van der Waals surface area contributed by atoms with E-state index in [1.807, 2.05) is 0 Å². The minimum absolute atomic E-state index is 0.0455. The molecular weight excluding hydrogens is 391 g/mol. The van der Waals surface area contributed by atoms with Crippen LogP contribution in [0.2, 0.25) is 0 Å². The number of hydrogen-bond donors (Lipinski definition) is 1. The Labute approximate surface area is 153 Å². The molecule has 0 fully saturated rings. The fraction of sp³-hybridized carbons (Fsp3) is 0.235. The van der Waals surface area contributed by atoms with Crippen LogP contribution in [0.1, 0.15) is 28.4 Å². The van der Waals surface area contributed by atoms with E-state index in [1.54, 1.807) is 6.92 Å². The third kappa shape index (κ3) is 4.56. The number of carbonyl (C=O) groups excluding carboxylic acids is 1. The molecule has 0 saturated heterocycles. The van der Waals surface area contributed by atoms with Crippen molar-refractivity contribution in [1.82, 2.24) is 0 Å². The summed E-state index contributed by atoms with van der Waals surface area (Å²) in [5.74, 6) is 0. The van der Waals surface area contributed by atoms with Gasteiger partial charge in [0.15, 0.2) is 9.84 Å². The SMILES string of the molecule is CCc1cc(Nc2cccc(C(F)(F)F)c2)c(S(C)(=O)=O)cc1C(=O)Cl. The summed E-state index contributed by atoms with van der Waals surface area (Å²) in [5.41, 5.74) is -0.204. The van der Waals surface area contributed by atoms with E-state index < -0.39 is 26.8 Å². The predicted molar refractivity (Wildman–Crippen MR) is 93.8 cm³/mol. The number of rotatable bonds is 5. The van der Waals surface area contributed by atoms with Gasteiger partial charge in [0.2, 0.25) is 0 Å². The van der Waals surface area contributed by atoms with Gasteiger partial charge >= 0.3 is 6.18 Å². The highest BCUT2D eigenvalue weighted by Gasteiger charge is 2.30. The number of hydrogen-bond acceptors (Lipinski definition) is 4. The molecule has 0 aliphatic heterocycles. The van der Waals surface area contributed by atoms with Crippen molar-refractivity contribution in [2.45, 2.75) is 24.4 Å². The summed E-state index contributed by atoms with van der Waals surface area (Å²) < 4.78 is 62.7. The summed E-state index contributed by atoms with van der Waals surface area (Å²) in [6, 6.07) is 6.93. The Kier molecular flexibility index (Phi) is 5.67. The molecule has 0 aliphatic rings. The van der Waals surface area contributed by atoms with Crippen LogP contribution < -0.4 is 5.32 Å². The lowest BCUT2D eigenvalue weighted by molar-refractivity contribution is -0.137. The molecule has 0 saturated carbocycles. The van der Waals surface area contributed by atoms with Gasteiger partial charge in [-0.2, -0.15) is 13.2 Å². The Morgan fingerprint density at radius 3 is 2.35 bits per heavy atom. The highest BCUT2D eigenvalue weighted by molar-refractivity contribution is 7.90. The first kappa shape index (κ1) is 20.3. The smallest absolute Gasteiger partial charge is 0.354 e. The first-order valence-corrected chi connectivity index (χ1v) is 9.71.